The maximum absolute atomic E-state index is 14.7. The second kappa shape index (κ2) is 13.5. The zero-order chi connectivity index (χ0) is 32.4. The van der Waals surface area contributed by atoms with Crippen molar-refractivity contribution in [3.05, 3.63) is 64.6 Å². The van der Waals surface area contributed by atoms with Crippen molar-refractivity contribution in [2.75, 3.05) is 37.2 Å². The van der Waals surface area contributed by atoms with Crippen LogP contribution in [0.15, 0.2) is 59.1 Å². The van der Waals surface area contributed by atoms with E-state index in [0.717, 1.165) is 25.7 Å². The molecule has 0 spiro atoms. The number of hydrogen-bond donors (Lipinski definition) is 2. The smallest absolute Gasteiger partial charge is 0.407 e. The van der Waals surface area contributed by atoms with Crippen LogP contribution in [0.25, 0.3) is 10.8 Å². The van der Waals surface area contributed by atoms with Gasteiger partial charge in [-0.15, -0.1) is 0 Å². The van der Waals surface area contributed by atoms with E-state index >= 15 is 0 Å². The number of nitrogens with zero attached hydrogens (tertiary/aromatic N) is 3. The van der Waals surface area contributed by atoms with Gasteiger partial charge in [-0.2, -0.15) is 0 Å². The van der Waals surface area contributed by atoms with Gasteiger partial charge in [-0.05, 0) is 67.8 Å². The minimum atomic E-state index is -1.28. The Morgan fingerprint density at radius 1 is 1.07 bits per heavy atom. The summed E-state index contributed by atoms with van der Waals surface area (Å²) in [6.45, 7) is 4.19. The number of para-hydroxylation sites is 2. The third kappa shape index (κ3) is 6.21. The van der Waals surface area contributed by atoms with Crippen LogP contribution in [0.4, 0.5) is 16.2 Å². The summed E-state index contributed by atoms with van der Waals surface area (Å²) in [4.78, 5) is 58.1. The first kappa shape index (κ1) is 32.2. The van der Waals surface area contributed by atoms with E-state index in [1.807, 2.05) is 42.5 Å². The predicted octanol–water partition coefficient (Wildman–Crippen LogP) is 4.79. The van der Waals surface area contributed by atoms with Crippen LogP contribution in [-0.4, -0.2) is 79.3 Å². The molecule has 238 valence electrons. The van der Waals surface area contributed by atoms with Crippen molar-refractivity contribution in [1.82, 2.24) is 10.2 Å². The lowest BCUT2D eigenvalue weighted by atomic mass is 9.96. The molecule has 2 N–H and O–H groups in total. The van der Waals surface area contributed by atoms with Gasteiger partial charge < -0.3 is 29.7 Å². The molecule has 0 bridgehead atoms. The Labute approximate surface area is 270 Å². The van der Waals surface area contributed by atoms with Gasteiger partial charge in [0.1, 0.15) is 17.8 Å². The number of benzene rings is 3. The Balaban J connectivity index is 1.65. The molecule has 5 rings (SSSR count). The molecule has 1 fully saturated rings. The van der Waals surface area contributed by atoms with Crippen LogP contribution in [-0.2, 0) is 25.7 Å². The molecule has 2 aliphatic rings. The quantitative estimate of drug-likeness (QED) is 0.367. The van der Waals surface area contributed by atoms with E-state index in [2.05, 4.69) is 21.2 Å². The molecule has 0 saturated carbocycles. The van der Waals surface area contributed by atoms with Gasteiger partial charge in [-0.1, -0.05) is 40.2 Å². The summed E-state index contributed by atoms with van der Waals surface area (Å²) in [5.74, 6) is -0.990. The number of halogens is 1. The largest absolute Gasteiger partial charge is 0.496 e. The molecule has 2 aliphatic heterocycles. The zero-order valence-corrected chi connectivity index (χ0v) is 27.2. The number of methoxy groups -OCH3 is 1. The molecule has 4 amide bonds. The Bertz CT molecular complexity index is 1630. The number of rotatable bonds is 7. The predicted molar refractivity (Wildman–Crippen MR) is 174 cm³/mol. The first-order valence-corrected chi connectivity index (χ1v) is 15.7. The van der Waals surface area contributed by atoms with E-state index in [1.54, 1.807) is 36.0 Å². The van der Waals surface area contributed by atoms with Gasteiger partial charge in [0.15, 0.2) is 0 Å². The second-order valence-corrected chi connectivity index (χ2v) is 12.2. The number of fused-ring (bicyclic) bond motifs is 2. The summed E-state index contributed by atoms with van der Waals surface area (Å²) < 4.78 is 12.2. The van der Waals surface area contributed by atoms with Crippen LogP contribution >= 0.6 is 15.9 Å². The average molecular weight is 682 g/mol. The van der Waals surface area contributed by atoms with E-state index in [1.165, 1.54) is 14.0 Å². The topological polar surface area (TPSA) is 129 Å². The summed E-state index contributed by atoms with van der Waals surface area (Å²) in [6.07, 6.45) is -0.194. The summed E-state index contributed by atoms with van der Waals surface area (Å²) >= 11 is 3.63. The van der Waals surface area contributed by atoms with Crippen molar-refractivity contribution in [2.45, 2.75) is 51.4 Å². The monoisotopic (exact) mass is 680 g/mol. The Hall–Kier alpha value is -4.16. The number of carbonyl (C=O) groups excluding carboxylic acids is 3. The van der Waals surface area contributed by atoms with E-state index < -0.39 is 36.0 Å². The summed E-state index contributed by atoms with van der Waals surface area (Å²) in [6, 6.07) is 13.8. The van der Waals surface area contributed by atoms with Gasteiger partial charge in [-0.3, -0.25) is 19.3 Å². The lowest BCUT2D eigenvalue weighted by Crippen LogP contribution is -2.60. The van der Waals surface area contributed by atoms with Gasteiger partial charge in [0.05, 0.1) is 31.1 Å². The lowest BCUT2D eigenvalue weighted by molar-refractivity contribution is -0.131. The molecular weight excluding hydrogens is 644 g/mol. The van der Waals surface area contributed by atoms with Gasteiger partial charge in [-0.25, -0.2) is 4.79 Å². The van der Waals surface area contributed by atoms with Crippen molar-refractivity contribution in [3.8, 4) is 5.75 Å². The number of nitrogens with one attached hydrogen (secondary N) is 1. The maximum atomic E-state index is 14.7. The van der Waals surface area contributed by atoms with Gasteiger partial charge >= 0.3 is 6.09 Å². The van der Waals surface area contributed by atoms with E-state index in [4.69, 9.17) is 9.47 Å². The molecule has 12 heteroatoms. The number of carbonyl (C=O) groups is 4. The second-order valence-electron chi connectivity index (χ2n) is 11.4. The van der Waals surface area contributed by atoms with Crippen molar-refractivity contribution >= 4 is 61.9 Å². The van der Waals surface area contributed by atoms with Crippen molar-refractivity contribution in [3.63, 3.8) is 0 Å². The number of anilines is 2. The fraction of sp³-hybridized carbons (Fsp3) is 0.394. The Morgan fingerprint density at radius 3 is 2.42 bits per heavy atom. The fourth-order valence-electron chi connectivity index (χ4n) is 6.05. The highest BCUT2D eigenvalue weighted by Gasteiger charge is 2.44. The molecule has 11 nitrogen and oxygen atoms in total. The Kier molecular flexibility index (Phi) is 9.64. The molecule has 45 heavy (non-hydrogen) atoms. The van der Waals surface area contributed by atoms with Crippen LogP contribution < -0.4 is 19.9 Å². The van der Waals surface area contributed by atoms with Crippen LogP contribution in [0.5, 0.6) is 5.75 Å². The molecule has 0 unspecified atom stereocenters. The summed E-state index contributed by atoms with van der Waals surface area (Å²) in [7, 11) is 2.86. The first-order chi connectivity index (χ1) is 21.5. The molecule has 3 aromatic carbocycles. The van der Waals surface area contributed by atoms with Crippen LogP contribution in [0, 0.1) is 5.92 Å². The number of amides is 4. The highest BCUT2D eigenvalue weighted by Crippen LogP contribution is 2.40. The van der Waals surface area contributed by atoms with Crippen LogP contribution in [0.3, 0.4) is 0 Å². The summed E-state index contributed by atoms with van der Waals surface area (Å²) in [5.41, 5.74) is 1.80. The molecule has 2 heterocycles. The van der Waals surface area contributed by atoms with Crippen LogP contribution in [0.1, 0.15) is 32.3 Å². The van der Waals surface area contributed by atoms with E-state index in [-0.39, 0.29) is 18.4 Å². The third-order valence-corrected chi connectivity index (χ3v) is 9.53. The maximum Gasteiger partial charge on any atom is 0.407 e. The van der Waals surface area contributed by atoms with E-state index in [9.17, 15) is 24.3 Å². The fourth-order valence-corrected chi connectivity index (χ4v) is 6.55. The highest BCUT2D eigenvalue weighted by molar-refractivity contribution is 9.10. The Morgan fingerprint density at radius 2 is 1.76 bits per heavy atom. The molecule has 0 radical (unpaired) electrons. The van der Waals surface area contributed by atoms with Crippen molar-refractivity contribution in [2.24, 2.45) is 5.92 Å². The number of likely N-dealkylation sites (N-methyl/N-ethyl adjacent to an activating group) is 1. The molecule has 3 atom stereocenters. The average Bonchev–Trinajstić information content (AvgIpc) is 3.13. The van der Waals surface area contributed by atoms with Gasteiger partial charge in [0.25, 0.3) is 5.91 Å². The molecule has 0 aromatic heterocycles. The minimum Gasteiger partial charge on any atom is -0.496 e. The lowest BCUT2D eigenvalue weighted by Gasteiger charge is -2.36. The number of carboxylic acid groups (broad SMARTS) is 1. The minimum absolute atomic E-state index is 0.0792. The molecule has 1 saturated heterocycles. The SMILES string of the molecule is COc1ccc2c(Br)cccc2c1CN1C(=O)[C@@H](NC(=O)[C@H](C)N(C)C(=O)O)[C@H](C)N(C(=O)C2CCOCC2)c2ccccc21. The first-order valence-electron chi connectivity index (χ1n) is 14.9. The van der Waals surface area contributed by atoms with Gasteiger partial charge in [0.2, 0.25) is 11.8 Å². The van der Waals surface area contributed by atoms with E-state index in [0.29, 0.717) is 43.2 Å². The third-order valence-electron chi connectivity index (χ3n) is 8.83. The molecular formula is C33H37BrN4O7. The highest BCUT2D eigenvalue weighted by atomic mass is 79.9. The molecule has 3 aromatic rings. The molecule has 0 aliphatic carbocycles. The standard InChI is InChI=1S/C33H37BrN4O7/c1-19-29(35-30(39)20(2)36(3)33(42)43)32(41)37(18-24-22-8-7-9-25(34)23(22)12-13-28(24)44-4)26-10-5-6-11-27(26)38(19)31(40)21-14-16-45-17-15-21/h5-13,19-21,29H,14-18H2,1-4H3,(H,35,39)(H,42,43)/t19-,20-,29-/m0/s1. The number of ether oxygens (including phenoxy) is 2. The summed E-state index contributed by atoms with van der Waals surface area (Å²) in [5, 5.41) is 14.1. The van der Waals surface area contributed by atoms with Crippen molar-refractivity contribution < 1.29 is 33.8 Å². The van der Waals surface area contributed by atoms with Crippen molar-refractivity contribution in [1.29, 1.82) is 0 Å². The van der Waals surface area contributed by atoms with Gasteiger partial charge in [0, 0.05) is 36.2 Å². The number of hydrogen-bond acceptors (Lipinski definition) is 6. The zero-order valence-electron chi connectivity index (χ0n) is 25.7. The normalized spacial score (nSPS) is 19.4. The van der Waals surface area contributed by atoms with Crippen LogP contribution in [0.2, 0.25) is 0 Å².